The van der Waals surface area contributed by atoms with E-state index in [0.717, 1.165) is 24.5 Å². The molecule has 1 rings (SSSR count). The zero-order valence-corrected chi connectivity index (χ0v) is 10.6. The van der Waals surface area contributed by atoms with E-state index >= 15 is 0 Å². The first-order chi connectivity index (χ1) is 7.26. The molecule has 3 N–H and O–H groups in total. The number of nitrogens with two attached hydrogens (primary N) is 1. The van der Waals surface area contributed by atoms with E-state index in [9.17, 15) is 0 Å². The van der Waals surface area contributed by atoms with Crippen molar-refractivity contribution in [3.8, 4) is 0 Å². The normalized spacial score (nSPS) is 10.3. The smallest absolute Gasteiger partial charge is 0.191 e. The van der Waals surface area contributed by atoms with Gasteiger partial charge in [-0.1, -0.05) is 11.8 Å². The minimum Gasteiger partial charge on any atom is -0.383 e. The zero-order chi connectivity index (χ0) is 11.1. The molecule has 4 nitrogen and oxygen atoms in total. The van der Waals surface area contributed by atoms with Crippen molar-refractivity contribution in [3.05, 3.63) is 6.07 Å². The Balaban J connectivity index is 2.49. The van der Waals surface area contributed by atoms with Crippen LogP contribution >= 0.6 is 23.5 Å². The molecule has 0 radical (unpaired) electrons. The lowest BCUT2D eigenvalue weighted by atomic mass is 10.4. The number of hydrogen-bond donors (Lipinski definition) is 2. The first kappa shape index (κ1) is 12.4. The number of nitrogens with zero attached hydrogens (tertiary/aromatic N) is 2. The maximum Gasteiger partial charge on any atom is 0.191 e. The summed E-state index contributed by atoms with van der Waals surface area (Å²) < 4.78 is 0. The van der Waals surface area contributed by atoms with Crippen LogP contribution in [0.5, 0.6) is 0 Å². The topological polar surface area (TPSA) is 63.8 Å². The van der Waals surface area contributed by atoms with Crippen molar-refractivity contribution in [1.82, 2.24) is 9.97 Å². The SMILES string of the molecule is CSCCCNc1cc(N)nc(SC)n1. The Morgan fingerprint density at radius 3 is 2.87 bits per heavy atom. The van der Waals surface area contributed by atoms with Crippen molar-refractivity contribution in [2.24, 2.45) is 0 Å². The van der Waals surface area contributed by atoms with Crippen molar-refractivity contribution in [2.75, 3.05) is 35.9 Å². The quantitative estimate of drug-likeness (QED) is 0.453. The van der Waals surface area contributed by atoms with E-state index in [2.05, 4.69) is 21.5 Å². The Morgan fingerprint density at radius 2 is 2.20 bits per heavy atom. The van der Waals surface area contributed by atoms with Gasteiger partial charge in [-0.05, 0) is 24.7 Å². The third-order valence-corrected chi connectivity index (χ3v) is 2.98. The number of rotatable bonds is 6. The van der Waals surface area contributed by atoms with Gasteiger partial charge >= 0.3 is 0 Å². The van der Waals surface area contributed by atoms with E-state index in [1.165, 1.54) is 11.8 Å². The predicted octanol–water partition coefficient (Wildman–Crippen LogP) is 1.95. The molecular weight excluding hydrogens is 228 g/mol. The highest BCUT2D eigenvalue weighted by Crippen LogP contribution is 2.15. The molecule has 0 aliphatic carbocycles. The standard InChI is InChI=1S/C9H16N4S2/c1-14-5-3-4-11-8-6-7(10)12-9(13-8)15-2/h6H,3-5H2,1-2H3,(H3,10,11,12,13). The van der Waals surface area contributed by atoms with Crippen molar-refractivity contribution >= 4 is 35.2 Å². The van der Waals surface area contributed by atoms with Crippen LogP contribution < -0.4 is 11.1 Å². The van der Waals surface area contributed by atoms with E-state index in [-0.39, 0.29) is 0 Å². The molecule has 0 aliphatic rings. The largest absolute Gasteiger partial charge is 0.383 e. The Hall–Kier alpha value is -0.620. The lowest BCUT2D eigenvalue weighted by Gasteiger charge is -2.06. The van der Waals surface area contributed by atoms with E-state index in [4.69, 9.17) is 5.73 Å². The second kappa shape index (κ2) is 6.79. The Labute approximate surface area is 98.8 Å². The summed E-state index contributed by atoms with van der Waals surface area (Å²) in [6.07, 6.45) is 5.17. The van der Waals surface area contributed by atoms with E-state index < -0.39 is 0 Å². The molecular formula is C9H16N4S2. The van der Waals surface area contributed by atoms with Gasteiger partial charge in [-0.3, -0.25) is 0 Å². The Morgan fingerprint density at radius 1 is 1.40 bits per heavy atom. The number of anilines is 2. The van der Waals surface area contributed by atoms with Crippen LogP contribution in [0.4, 0.5) is 11.6 Å². The summed E-state index contributed by atoms with van der Waals surface area (Å²) in [4.78, 5) is 8.39. The average molecular weight is 244 g/mol. The molecule has 1 aromatic heterocycles. The summed E-state index contributed by atoms with van der Waals surface area (Å²) in [7, 11) is 0. The molecule has 1 aromatic rings. The highest BCUT2D eigenvalue weighted by Gasteiger charge is 2.00. The van der Waals surface area contributed by atoms with Gasteiger partial charge < -0.3 is 11.1 Å². The van der Waals surface area contributed by atoms with Crippen molar-refractivity contribution in [3.63, 3.8) is 0 Å². The van der Waals surface area contributed by atoms with E-state index in [1.807, 2.05) is 18.0 Å². The van der Waals surface area contributed by atoms with Crippen LogP contribution in [0.2, 0.25) is 0 Å². The zero-order valence-electron chi connectivity index (χ0n) is 8.99. The molecule has 6 heteroatoms. The van der Waals surface area contributed by atoms with Gasteiger partial charge in [0.05, 0.1) is 0 Å². The van der Waals surface area contributed by atoms with Crippen LogP contribution in [0, 0.1) is 0 Å². The molecule has 0 fully saturated rings. The molecule has 15 heavy (non-hydrogen) atoms. The van der Waals surface area contributed by atoms with Gasteiger partial charge in [-0.25, -0.2) is 9.97 Å². The monoisotopic (exact) mass is 244 g/mol. The van der Waals surface area contributed by atoms with Crippen LogP contribution in [0.15, 0.2) is 11.2 Å². The fourth-order valence-corrected chi connectivity index (χ4v) is 1.88. The maximum absolute atomic E-state index is 5.66. The van der Waals surface area contributed by atoms with Gasteiger partial charge in [0.2, 0.25) is 0 Å². The van der Waals surface area contributed by atoms with Crippen LogP contribution in [0.25, 0.3) is 0 Å². The molecule has 0 bridgehead atoms. The second-order valence-electron chi connectivity index (χ2n) is 2.94. The van der Waals surface area contributed by atoms with Gasteiger partial charge in [0.1, 0.15) is 11.6 Å². The Bertz CT molecular complexity index is 306. The van der Waals surface area contributed by atoms with E-state index in [0.29, 0.717) is 11.0 Å². The summed E-state index contributed by atoms with van der Waals surface area (Å²) in [6.45, 7) is 0.922. The molecule has 1 heterocycles. The third kappa shape index (κ3) is 4.61. The van der Waals surface area contributed by atoms with Gasteiger partial charge in [-0.15, -0.1) is 0 Å². The highest BCUT2D eigenvalue weighted by molar-refractivity contribution is 7.98. The van der Waals surface area contributed by atoms with Gasteiger partial charge in [0.25, 0.3) is 0 Å². The van der Waals surface area contributed by atoms with Gasteiger partial charge in [0, 0.05) is 12.6 Å². The number of thioether (sulfide) groups is 2. The minimum atomic E-state index is 0.515. The molecule has 0 saturated heterocycles. The molecule has 84 valence electrons. The second-order valence-corrected chi connectivity index (χ2v) is 4.70. The predicted molar refractivity (Wildman–Crippen MR) is 69.7 cm³/mol. The van der Waals surface area contributed by atoms with Crippen LogP contribution in [0.3, 0.4) is 0 Å². The van der Waals surface area contributed by atoms with Crippen molar-refractivity contribution < 1.29 is 0 Å². The number of hydrogen-bond acceptors (Lipinski definition) is 6. The summed E-state index contributed by atoms with van der Waals surface area (Å²) in [5.74, 6) is 2.48. The first-order valence-electron chi connectivity index (χ1n) is 4.67. The molecule has 0 unspecified atom stereocenters. The number of nitrogen functional groups attached to an aromatic ring is 1. The van der Waals surface area contributed by atoms with Gasteiger partial charge in [0.15, 0.2) is 5.16 Å². The van der Waals surface area contributed by atoms with Crippen molar-refractivity contribution in [1.29, 1.82) is 0 Å². The number of nitrogens with one attached hydrogen (secondary N) is 1. The highest BCUT2D eigenvalue weighted by atomic mass is 32.2. The molecule has 0 aromatic carbocycles. The molecule has 0 atom stereocenters. The minimum absolute atomic E-state index is 0.515. The van der Waals surface area contributed by atoms with Crippen LogP contribution in [-0.4, -0.2) is 34.8 Å². The van der Waals surface area contributed by atoms with Crippen LogP contribution in [0.1, 0.15) is 6.42 Å². The Kier molecular flexibility index (Phi) is 5.63. The first-order valence-corrected chi connectivity index (χ1v) is 7.29. The summed E-state index contributed by atoms with van der Waals surface area (Å²) in [6, 6.07) is 1.76. The fourth-order valence-electron chi connectivity index (χ4n) is 1.06. The number of aromatic nitrogens is 2. The fraction of sp³-hybridized carbons (Fsp3) is 0.556. The van der Waals surface area contributed by atoms with Crippen LogP contribution in [-0.2, 0) is 0 Å². The lowest BCUT2D eigenvalue weighted by molar-refractivity contribution is 0.937. The summed E-state index contributed by atoms with van der Waals surface area (Å²) in [5.41, 5.74) is 5.66. The third-order valence-electron chi connectivity index (χ3n) is 1.74. The average Bonchev–Trinajstić information content (AvgIpc) is 2.23. The summed E-state index contributed by atoms with van der Waals surface area (Å²) >= 11 is 3.34. The van der Waals surface area contributed by atoms with Crippen molar-refractivity contribution in [2.45, 2.75) is 11.6 Å². The summed E-state index contributed by atoms with van der Waals surface area (Å²) in [5, 5.41) is 3.95. The maximum atomic E-state index is 5.66. The molecule has 0 aliphatic heterocycles. The molecule has 0 amide bonds. The van der Waals surface area contributed by atoms with E-state index in [1.54, 1.807) is 6.07 Å². The lowest BCUT2D eigenvalue weighted by Crippen LogP contribution is -2.06. The molecule has 0 spiro atoms. The van der Waals surface area contributed by atoms with Gasteiger partial charge in [-0.2, -0.15) is 11.8 Å². The molecule has 0 saturated carbocycles.